The van der Waals surface area contributed by atoms with Gasteiger partial charge < -0.3 is 10.6 Å². The molecule has 0 aliphatic carbocycles. The summed E-state index contributed by atoms with van der Waals surface area (Å²) in [6.45, 7) is 1.05. The van der Waals surface area contributed by atoms with E-state index < -0.39 is 0 Å². The third kappa shape index (κ3) is 3.81. The van der Waals surface area contributed by atoms with Gasteiger partial charge in [0.1, 0.15) is 0 Å². The van der Waals surface area contributed by atoms with Gasteiger partial charge in [-0.3, -0.25) is 4.79 Å². The highest BCUT2D eigenvalue weighted by Crippen LogP contribution is 2.14. The van der Waals surface area contributed by atoms with E-state index in [4.69, 9.17) is 0 Å². The van der Waals surface area contributed by atoms with Crippen LogP contribution in [0.5, 0.6) is 0 Å². The van der Waals surface area contributed by atoms with Gasteiger partial charge in [-0.05, 0) is 30.8 Å². The van der Waals surface area contributed by atoms with Gasteiger partial charge in [0.15, 0.2) is 0 Å². The molecule has 84 valence electrons. The van der Waals surface area contributed by atoms with Crippen LogP contribution in [-0.4, -0.2) is 18.5 Å². The van der Waals surface area contributed by atoms with E-state index in [9.17, 15) is 4.79 Å². The third-order valence-electron chi connectivity index (χ3n) is 2.40. The number of hydrogen-bond acceptors (Lipinski definition) is 3. The zero-order valence-electron chi connectivity index (χ0n) is 8.36. The summed E-state index contributed by atoms with van der Waals surface area (Å²) < 4.78 is 0. The number of carbonyl (C=O) groups excluding carboxylic acids is 1. The molecule has 0 spiro atoms. The van der Waals surface area contributed by atoms with Crippen LogP contribution >= 0.6 is 23.7 Å². The molecule has 0 aromatic carbocycles. The lowest BCUT2D eigenvalue weighted by atomic mass is 10.1. The Morgan fingerprint density at radius 2 is 2.53 bits per heavy atom. The van der Waals surface area contributed by atoms with Crippen LogP contribution in [0.3, 0.4) is 0 Å². The molecular formula is C10H15ClN2OS. The normalized spacial score (nSPS) is 19.6. The number of carbonyl (C=O) groups is 1. The van der Waals surface area contributed by atoms with Gasteiger partial charge >= 0.3 is 0 Å². The third-order valence-corrected chi connectivity index (χ3v) is 3.08. The fraction of sp³-hybridized carbons (Fsp3) is 0.500. The molecule has 1 atom stereocenters. The number of amides is 1. The summed E-state index contributed by atoms with van der Waals surface area (Å²) in [5.41, 5.74) is 0.915. The van der Waals surface area contributed by atoms with Crippen molar-refractivity contribution in [3.63, 3.8) is 0 Å². The number of rotatable bonds is 3. The van der Waals surface area contributed by atoms with Gasteiger partial charge in [-0.2, -0.15) is 11.3 Å². The van der Waals surface area contributed by atoms with Crippen LogP contribution in [0, 0.1) is 0 Å². The summed E-state index contributed by atoms with van der Waals surface area (Å²) in [5, 5.41) is 10.1. The van der Waals surface area contributed by atoms with Crippen LogP contribution in [0.2, 0.25) is 0 Å². The Morgan fingerprint density at radius 3 is 3.13 bits per heavy atom. The first-order valence-corrected chi connectivity index (χ1v) is 5.84. The SMILES string of the molecule is Cl.O=C(CC1CCCN1)Nc1ccsc1. The maximum atomic E-state index is 11.5. The number of anilines is 1. The number of hydrogen-bond donors (Lipinski definition) is 2. The van der Waals surface area contributed by atoms with Crippen LogP contribution in [0.25, 0.3) is 0 Å². The monoisotopic (exact) mass is 246 g/mol. The molecule has 0 saturated carbocycles. The fourth-order valence-corrected chi connectivity index (χ4v) is 2.29. The van der Waals surface area contributed by atoms with Crippen LogP contribution in [0.1, 0.15) is 19.3 Å². The first kappa shape index (κ1) is 12.5. The molecule has 1 amide bonds. The van der Waals surface area contributed by atoms with Crippen molar-refractivity contribution in [2.24, 2.45) is 0 Å². The second kappa shape index (κ2) is 6.10. The summed E-state index contributed by atoms with van der Waals surface area (Å²) in [6.07, 6.45) is 2.91. The van der Waals surface area contributed by atoms with Crippen molar-refractivity contribution in [2.45, 2.75) is 25.3 Å². The number of thiophene rings is 1. The highest BCUT2D eigenvalue weighted by molar-refractivity contribution is 7.08. The van der Waals surface area contributed by atoms with E-state index in [1.165, 1.54) is 6.42 Å². The smallest absolute Gasteiger partial charge is 0.225 e. The van der Waals surface area contributed by atoms with E-state index >= 15 is 0 Å². The summed E-state index contributed by atoms with van der Waals surface area (Å²) in [6, 6.07) is 2.30. The predicted octanol–water partition coefficient (Wildman–Crippen LogP) is 2.25. The second-order valence-electron chi connectivity index (χ2n) is 3.56. The van der Waals surface area contributed by atoms with Crippen LogP contribution in [0.4, 0.5) is 5.69 Å². The average molecular weight is 247 g/mol. The summed E-state index contributed by atoms with van der Waals surface area (Å²) in [7, 11) is 0. The molecule has 2 heterocycles. The number of halogens is 1. The largest absolute Gasteiger partial charge is 0.325 e. The topological polar surface area (TPSA) is 41.1 Å². The van der Waals surface area contributed by atoms with E-state index in [2.05, 4.69) is 10.6 Å². The minimum atomic E-state index is 0. The van der Waals surface area contributed by atoms with E-state index in [0.717, 1.165) is 18.7 Å². The molecule has 1 aromatic rings. The Hall–Kier alpha value is -0.580. The summed E-state index contributed by atoms with van der Waals surface area (Å²) >= 11 is 1.59. The van der Waals surface area contributed by atoms with Gasteiger partial charge in [-0.1, -0.05) is 0 Å². The Morgan fingerprint density at radius 1 is 1.67 bits per heavy atom. The first-order valence-electron chi connectivity index (χ1n) is 4.90. The Balaban J connectivity index is 0.00000112. The Kier molecular flexibility index (Phi) is 5.08. The molecular weight excluding hydrogens is 232 g/mol. The van der Waals surface area contributed by atoms with E-state index in [1.54, 1.807) is 11.3 Å². The van der Waals surface area contributed by atoms with Crippen molar-refractivity contribution < 1.29 is 4.79 Å². The Labute approximate surface area is 99.7 Å². The molecule has 1 unspecified atom stereocenters. The van der Waals surface area contributed by atoms with Crippen molar-refractivity contribution in [1.29, 1.82) is 0 Å². The lowest BCUT2D eigenvalue weighted by Crippen LogP contribution is -2.27. The van der Waals surface area contributed by atoms with Crippen molar-refractivity contribution in [2.75, 3.05) is 11.9 Å². The predicted molar refractivity (Wildman–Crippen MR) is 65.8 cm³/mol. The van der Waals surface area contributed by atoms with Gasteiger partial charge in [0.05, 0.1) is 5.69 Å². The second-order valence-corrected chi connectivity index (χ2v) is 4.34. The molecule has 1 fully saturated rings. The molecule has 3 nitrogen and oxygen atoms in total. The molecule has 15 heavy (non-hydrogen) atoms. The molecule has 5 heteroatoms. The molecule has 1 saturated heterocycles. The average Bonchev–Trinajstić information content (AvgIpc) is 2.76. The minimum Gasteiger partial charge on any atom is -0.325 e. The van der Waals surface area contributed by atoms with Gasteiger partial charge in [-0.25, -0.2) is 0 Å². The molecule has 1 aromatic heterocycles. The molecule has 2 rings (SSSR count). The quantitative estimate of drug-likeness (QED) is 0.859. The Bertz CT molecular complexity index is 296. The lowest BCUT2D eigenvalue weighted by molar-refractivity contribution is -0.116. The molecule has 0 radical (unpaired) electrons. The van der Waals surface area contributed by atoms with Gasteiger partial charge in [0, 0.05) is 17.8 Å². The standard InChI is InChI=1S/C10H14N2OS.ClH/c13-10(6-8-2-1-4-11-8)12-9-3-5-14-7-9;/h3,5,7-8,11H,1-2,4,6H2,(H,12,13);1H. The van der Waals surface area contributed by atoms with Crippen LogP contribution < -0.4 is 10.6 Å². The van der Waals surface area contributed by atoms with Crippen molar-refractivity contribution in [1.82, 2.24) is 5.32 Å². The van der Waals surface area contributed by atoms with Crippen LogP contribution in [0.15, 0.2) is 16.8 Å². The first-order chi connectivity index (χ1) is 6.84. The van der Waals surface area contributed by atoms with Crippen molar-refractivity contribution in [3.05, 3.63) is 16.8 Å². The molecule has 1 aliphatic rings. The zero-order valence-corrected chi connectivity index (χ0v) is 10.00. The summed E-state index contributed by atoms with van der Waals surface area (Å²) in [4.78, 5) is 11.5. The van der Waals surface area contributed by atoms with Gasteiger partial charge in [0.25, 0.3) is 0 Å². The fourth-order valence-electron chi connectivity index (χ4n) is 1.70. The van der Waals surface area contributed by atoms with Crippen molar-refractivity contribution in [3.8, 4) is 0 Å². The molecule has 1 aliphatic heterocycles. The van der Waals surface area contributed by atoms with E-state index in [1.807, 2.05) is 16.8 Å². The van der Waals surface area contributed by atoms with Crippen LogP contribution in [-0.2, 0) is 4.79 Å². The zero-order chi connectivity index (χ0) is 9.80. The number of nitrogens with one attached hydrogen (secondary N) is 2. The van der Waals surface area contributed by atoms with Gasteiger partial charge in [0.2, 0.25) is 5.91 Å². The van der Waals surface area contributed by atoms with Crippen molar-refractivity contribution >= 4 is 35.3 Å². The highest BCUT2D eigenvalue weighted by atomic mass is 35.5. The van der Waals surface area contributed by atoms with E-state index in [0.29, 0.717) is 12.5 Å². The maximum Gasteiger partial charge on any atom is 0.225 e. The maximum absolute atomic E-state index is 11.5. The highest BCUT2D eigenvalue weighted by Gasteiger charge is 2.17. The van der Waals surface area contributed by atoms with Gasteiger partial charge in [-0.15, -0.1) is 12.4 Å². The molecule has 2 N–H and O–H groups in total. The van der Waals surface area contributed by atoms with E-state index in [-0.39, 0.29) is 18.3 Å². The lowest BCUT2D eigenvalue weighted by Gasteiger charge is -2.09. The summed E-state index contributed by atoms with van der Waals surface area (Å²) in [5.74, 6) is 0.114. The molecule has 0 bridgehead atoms. The minimum absolute atomic E-state index is 0.